The standard InChI is InChI=1S/C22H29NO3/c1-5-12-21(13-6-2)16-10-17-23(22(21,14-7-3)15-8-4)26-20(24)19-11-9-18-25-19/h5-9,11,18H,1-4,10,12-17H2. The van der Waals surface area contributed by atoms with Crippen molar-refractivity contribution in [1.82, 2.24) is 5.06 Å². The van der Waals surface area contributed by atoms with Gasteiger partial charge in [-0.15, -0.1) is 31.4 Å². The Labute approximate surface area is 156 Å². The van der Waals surface area contributed by atoms with Crippen LogP contribution >= 0.6 is 0 Å². The predicted molar refractivity (Wildman–Crippen MR) is 104 cm³/mol. The zero-order chi connectivity index (χ0) is 19.0. The Morgan fingerprint density at radius 1 is 1.12 bits per heavy atom. The highest BCUT2D eigenvalue weighted by Gasteiger charge is 2.55. The first-order valence-electron chi connectivity index (χ1n) is 9.06. The second-order valence-electron chi connectivity index (χ2n) is 6.84. The summed E-state index contributed by atoms with van der Waals surface area (Å²) in [5.74, 6) is -0.291. The smallest absolute Gasteiger partial charge is 0.393 e. The summed E-state index contributed by atoms with van der Waals surface area (Å²) >= 11 is 0. The second kappa shape index (κ2) is 8.86. The summed E-state index contributed by atoms with van der Waals surface area (Å²) in [5, 5.41) is 1.83. The van der Waals surface area contributed by atoms with Crippen LogP contribution in [-0.4, -0.2) is 23.1 Å². The minimum Gasteiger partial charge on any atom is -0.457 e. The molecule has 2 rings (SSSR count). The summed E-state index contributed by atoms with van der Waals surface area (Å²) in [6.07, 6.45) is 14.0. The Balaban J connectivity index is 2.47. The van der Waals surface area contributed by atoms with Gasteiger partial charge in [0.25, 0.3) is 0 Å². The summed E-state index contributed by atoms with van der Waals surface area (Å²) in [6, 6.07) is 3.28. The first kappa shape index (κ1) is 20.0. The molecule has 2 heterocycles. The third-order valence-corrected chi connectivity index (χ3v) is 5.43. The van der Waals surface area contributed by atoms with Gasteiger partial charge in [-0.05, 0) is 56.1 Å². The summed E-state index contributed by atoms with van der Waals surface area (Å²) in [7, 11) is 0. The molecule has 1 aromatic heterocycles. The number of carbonyl (C=O) groups is 1. The first-order chi connectivity index (χ1) is 12.6. The lowest BCUT2D eigenvalue weighted by molar-refractivity contribution is -0.237. The minimum atomic E-state index is -0.486. The second-order valence-corrected chi connectivity index (χ2v) is 6.84. The minimum absolute atomic E-state index is 0.152. The van der Waals surface area contributed by atoms with Crippen LogP contribution in [0.1, 0.15) is 49.1 Å². The van der Waals surface area contributed by atoms with Crippen molar-refractivity contribution in [2.24, 2.45) is 5.41 Å². The molecule has 140 valence electrons. The van der Waals surface area contributed by atoms with E-state index in [1.807, 2.05) is 29.4 Å². The van der Waals surface area contributed by atoms with E-state index in [-0.39, 0.29) is 11.2 Å². The van der Waals surface area contributed by atoms with Crippen molar-refractivity contribution in [3.63, 3.8) is 0 Å². The Morgan fingerprint density at radius 2 is 1.73 bits per heavy atom. The molecule has 1 aromatic rings. The maximum atomic E-state index is 12.5. The van der Waals surface area contributed by atoms with Crippen molar-refractivity contribution in [2.45, 2.75) is 44.1 Å². The molecule has 0 spiro atoms. The van der Waals surface area contributed by atoms with Gasteiger partial charge in [-0.2, -0.15) is 0 Å². The summed E-state index contributed by atoms with van der Waals surface area (Å²) in [5.41, 5.74) is -0.597. The van der Waals surface area contributed by atoms with E-state index in [1.54, 1.807) is 12.1 Å². The van der Waals surface area contributed by atoms with Crippen molar-refractivity contribution in [1.29, 1.82) is 0 Å². The Morgan fingerprint density at radius 3 is 2.23 bits per heavy atom. The van der Waals surface area contributed by atoms with Gasteiger partial charge in [0.1, 0.15) is 0 Å². The van der Waals surface area contributed by atoms with Crippen molar-refractivity contribution in [3.8, 4) is 0 Å². The van der Waals surface area contributed by atoms with Gasteiger partial charge in [-0.25, -0.2) is 4.79 Å². The van der Waals surface area contributed by atoms with Crippen molar-refractivity contribution in [2.75, 3.05) is 6.54 Å². The first-order valence-corrected chi connectivity index (χ1v) is 9.06. The van der Waals surface area contributed by atoms with Gasteiger partial charge in [-0.3, -0.25) is 0 Å². The molecule has 1 aliphatic rings. The van der Waals surface area contributed by atoms with Crippen LogP contribution in [0, 0.1) is 5.41 Å². The molecular formula is C22H29NO3. The van der Waals surface area contributed by atoms with Gasteiger partial charge < -0.3 is 9.25 Å². The molecule has 26 heavy (non-hydrogen) atoms. The van der Waals surface area contributed by atoms with Gasteiger partial charge in [0, 0.05) is 6.54 Å². The molecule has 1 saturated heterocycles. The molecule has 1 aliphatic heterocycles. The Hall–Kier alpha value is -2.33. The lowest BCUT2D eigenvalue weighted by Gasteiger charge is -2.57. The lowest BCUT2D eigenvalue weighted by Crippen LogP contribution is -2.63. The van der Waals surface area contributed by atoms with Crippen LogP contribution in [0.15, 0.2) is 73.4 Å². The van der Waals surface area contributed by atoms with E-state index in [0.29, 0.717) is 19.4 Å². The molecule has 0 unspecified atom stereocenters. The molecule has 0 saturated carbocycles. The van der Waals surface area contributed by atoms with Crippen LogP contribution in [0.4, 0.5) is 0 Å². The van der Waals surface area contributed by atoms with Gasteiger partial charge in [0.15, 0.2) is 0 Å². The molecule has 0 aromatic carbocycles. The number of furan rings is 1. The molecule has 0 aliphatic carbocycles. The molecular weight excluding hydrogens is 326 g/mol. The monoisotopic (exact) mass is 355 g/mol. The third-order valence-electron chi connectivity index (χ3n) is 5.43. The molecule has 0 atom stereocenters. The summed E-state index contributed by atoms with van der Waals surface area (Å²) in [6.45, 7) is 16.5. The summed E-state index contributed by atoms with van der Waals surface area (Å²) in [4.78, 5) is 18.4. The van der Waals surface area contributed by atoms with Crippen LogP contribution in [0.25, 0.3) is 0 Å². The molecule has 4 nitrogen and oxygen atoms in total. The number of hydroxylamine groups is 2. The quantitative estimate of drug-likeness (QED) is 0.521. The highest BCUT2D eigenvalue weighted by Crippen LogP contribution is 2.54. The van der Waals surface area contributed by atoms with Gasteiger partial charge in [0.05, 0.1) is 11.8 Å². The third kappa shape index (κ3) is 3.61. The van der Waals surface area contributed by atoms with Gasteiger partial charge in [0.2, 0.25) is 5.76 Å². The van der Waals surface area contributed by atoms with Crippen LogP contribution in [0.2, 0.25) is 0 Å². The van der Waals surface area contributed by atoms with E-state index in [4.69, 9.17) is 9.25 Å². The van der Waals surface area contributed by atoms with E-state index in [1.165, 1.54) is 6.26 Å². The van der Waals surface area contributed by atoms with E-state index in [9.17, 15) is 4.79 Å². The molecule has 0 amide bonds. The zero-order valence-electron chi connectivity index (χ0n) is 15.5. The number of carbonyl (C=O) groups excluding carboxylic acids is 1. The highest BCUT2D eigenvalue weighted by molar-refractivity contribution is 5.85. The zero-order valence-corrected chi connectivity index (χ0v) is 15.5. The SMILES string of the molecule is C=CCC1(CC=C)CCCN(OC(=O)c2ccco2)C1(CC=C)CC=C. The molecule has 0 bridgehead atoms. The number of allylic oxidation sites excluding steroid dienone is 2. The fraction of sp³-hybridized carbons (Fsp3) is 0.409. The van der Waals surface area contributed by atoms with E-state index >= 15 is 0 Å². The topological polar surface area (TPSA) is 42.7 Å². The fourth-order valence-electron chi connectivity index (χ4n) is 4.36. The molecule has 0 N–H and O–H groups in total. The number of piperidine rings is 1. The number of hydrogen-bond donors (Lipinski definition) is 0. The number of nitrogens with zero attached hydrogens (tertiary/aromatic N) is 1. The average molecular weight is 355 g/mol. The van der Waals surface area contributed by atoms with Crippen LogP contribution in [0.3, 0.4) is 0 Å². The van der Waals surface area contributed by atoms with Crippen molar-refractivity contribution >= 4 is 5.97 Å². The van der Waals surface area contributed by atoms with Gasteiger partial charge in [-0.1, -0.05) is 24.3 Å². The van der Waals surface area contributed by atoms with E-state index in [2.05, 4.69) is 26.3 Å². The fourth-order valence-corrected chi connectivity index (χ4v) is 4.36. The number of rotatable bonds is 10. The van der Waals surface area contributed by atoms with E-state index in [0.717, 1.165) is 25.7 Å². The number of hydrogen-bond acceptors (Lipinski definition) is 4. The lowest BCUT2D eigenvalue weighted by atomic mass is 9.58. The molecule has 0 radical (unpaired) electrons. The van der Waals surface area contributed by atoms with E-state index < -0.39 is 11.5 Å². The maximum Gasteiger partial charge on any atom is 0.393 e. The normalized spacial score (nSPS) is 18.6. The van der Waals surface area contributed by atoms with Crippen LogP contribution in [0.5, 0.6) is 0 Å². The van der Waals surface area contributed by atoms with Crippen molar-refractivity contribution in [3.05, 3.63) is 74.8 Å². The average Bonchev–Trinajstić information content (AvgIpc) is 3.14. The maximum absolute atomic E-state index is 12.5. The van der Waals surface area contributed by atoms with Crippen molar-refractivity contribution < 1.29 is 14.0 Å². The summed E-state index contributed by atoms with van der Waals surface area (Å²) < 4.78 is 5.20. The highest BCUT2D eigenvalue weighted by atomic mass is 16.7. The molecule has 1 fully saturated rings. The molecule has 4 heteroatoms. The largest absolute Gasteiger partial charge is 0.457 e. The van der Waals surface area contributed by atoms with Crippen LogP contribution in [-0.2, 0) is 4.84 Å². The Kier molecular flexibility index (Phi) is 6.81. The predicted octanol–water partition coefficient (Wildman–Crippen LogP) is 5.48. The van der Waals surface area contributed by atoms with Crippen LogP contribution < -0.4 is 0 Å². The van der Waals surface area contributed by atoms with Gasteiger partial charge >= 0.3 is 5.97 Å². The Bertz CT molecular complexity index is 624.